The van der Waals surface area contributed by atoms with Crippen LogP contribution in [0.4, 0.5) is 0 Å². The van der Waals surface area contributed by atoms with Crippen LogP contribution in [0.5, 0.6) is 0 Å². The maximum atomic E-state index is 3.83. The van der Waals surface area contributed by atoms with E-state index in [0.717, 1.165) is 12.0 Å². The minimum absolute atomic E-state index is 0.776. The molecular weight excluding hydrogens is 220 g/mol. The molecule has 18 heavy (non-hydrogen) atoms. The van der Waals surface area contributed by atoms with Gasteiger partial charge in [-0.2, -0.15) is 0 Å². The zero-order valence-corrected chi connectivity index (χ0v) is 12.0. The molecule has 2 atom stereocenters. The molecule has 0 aromatic heterocycles. The van der Waals surface area contributed by atoms with Gasteiger partial charge in [0.1, 0.15) is 0 Å². The smallest absolute Gasteiger partial charge is 0.00798 e. The number of likely N-dealkylation sites (tertiary alicyclic amines) is 1. The fourth-order valence-corrected chi connectivity index (χ4v) is 3.27. The van der Waals surface area contributed by atoms with Gasteiger partial charge in [-0.15, -0.1) is 0 Å². The molecule has 0 aromatic carbocycles. The third-order valence-electron chi connectivity index (χ3n) is 4.43. The van der Waals surface area contributed by atoms with Crippen LogP contribution in [0, 0.1) is 5.92 Å². The lowest BCUT2D eigenvalue weighted by atomic mass is 9.94. The normalized spacial score (nSPS) is 30.3. The molecule has 0 spiro atoms. The highest BCUT2D eigenvalue weighted by atomic mass is 15.1. The molecule has 0 amide bonds. The quantitative estimate of drug-likeness (QED) is 0.754. The van der Waals surface area contributed by atoms with Gasteiger partial charge in [-0.3, -0.25) is 0 Å². The largest absolute Gasteiger partial charge is 0.314 e. The Kier molecular flexibility index (Phi) is 6.22. The zero-order chi connectivity index (χ0) is 12.6. The molecule has 2 rings (SSSR count). The van der Waals surface area contributed by atoms with E-state index in [1.54, 1.807) is 0 Å². The van der Waals surface area contributed by atoms with Crippen LogP contribution in [0.2, 0.25) is 0 Å². The lowest BCUT2D eigenvalue weighted by molar-refractivity contribution is 0.281. The molecule has 2 unspecified atom stereocenters. The van der Waals surface area contributed by atoms with Crippen LogP contribution in [0.1, 0.15) is 51.9 Å². The number of rotatable bonds is 5. The summed E-state index contributed by atoms with van der Waals surface area (Å²) in [6.07, 6.45) is 14.1. The van der Waals surface area contributed by atoms with Gasteiger partial charge in [-0.05, 0) is 77.0 Å². The first kappa shape index (κ1) is 14.1. The molecule has 2 heteroatoms. The molecule has 2 aliphatic rings. The molecule has 1 N–H and O–H groups in total. The summed E-state index contributed by atoms with van der Waals surface area (Å²) >= 11 is 0. The van der Waals surface area contributed by atoms with Crippen molar-refractivity contribution in [2.24, 2.45) is 5.92 Å². The van der Waals surface area contributed by atoms with Crippen LogP contribution >= 0.6 is 0 Å². The Hall–Kier alpha value is -0.340. The number of nitrogens with one attached hydrogen (secondary N) is 1. The van der Waals surface area contributed by atoms with E-state index in [4.69, 9.17) is 0 Å². The number of allylic oxidation sites excluding steroid dienone is 2. The predicted octanol–water partition coefficient (Wildman–Crippen LogP) is 3.20. The first-order chi connectivity index (χ1) is 8.88. The van der Waals surface area contributed by atoms with Crippen molar-refractivity contribution in [2.45, 2.75) is 57.9 Å². The third-order valence-corrected chi connectivity index (χ3v) is 4.43. The fraction of sp³-hybridized carbons (Fsp3) is 0.875. The average molecular weight is 250 g/mol. The van der Waals surface area contributed by atoms with E-state index in [1.165, 1.54) is 71.1 Å². The van der Waals surface area contributed by atoms with Gasteiger partial charge < -0.3 is 10.2 Å². The molecule has 0 bridgehead atoms. The Balaban J connectivity index is 1.65. The van der Waals surface area contributed by atoms with Crippen LogP contribution in [0.25, 0.3) is 0 Å². The van der Waals surface area contributed by atoms with E-state index in [9.17, 15) is 0 Å². The van der Waals surface area contributed by atoms with Gasteiger partial charge in [0, 0.05) is 6.04 Å². The predicted molar refractivity (Wildman–Crippen MR) is 78.9 cm³/mol. The third kappa shape index (κ3) is 4.74. The van der Waals surface area contributed by atoms with Gasteiger partial charge in [0.15, 0.2) is 0 Å². The number of hydrogen-bond donors (Lipinski definition) is 1. The van der Waals surface area contributed by atoms with Gasteiger partial charge in [0.05, 0.1) is 0 Å². The Morgan fingerprint density at radius 3 is 2.89 bits per heavy atom. The molecule has 104 valence electrons. The first-order valence-corrected chi connectivity index (χ1v) is 7.99. The van der Waals surface area contributed by atoms with Gasteiger partial charge in [-0.1, -0.05) is 19.1 Å². The van der Waals surface area contributed by atoms with Crippen molar-refractivity contribution in [3.8, 4) is 0 Å². The molecule has 1 heterocycles. The van der Waals surface area contributed by atoms with Gasteiger partial charge in [0.2, 0.25) is 0 Å². The summed E-state index contributed by atoms with van der Waals surface area (Å²) in [5.74, 6) is 0.894. The standard InChI is InChI=1S/C16H30N2/c1-2-11-18-12-6-9-16(10-13-18)17-14-15-7-4-3-5-8-15/h3-4,15-17H,2,5-14H2,1H3. The summed E-state index contributed by atoms with van der Waals surface area (Å²) in [5.41, 5.74) is 0. The fourth-order valence-electron chi connectivity index (χ4n) is 3.27. The highest BCUT2D eigenvalue weighted by Gasteiger charge is 2.17. The Morgan fingerprint density at radius 2 is 2.11 bits per heavy atom. The second-order valence-electron chi connectivity index (χ2n) is 6.03. The first-order valence-electron chi connectivity index (χ1n) is 7.99. The highest BCUT2D eigenvalue weighted by Crippen LogP contribution is 2.18. The van der Waals surface area contributed by atoms with E-state index in [0.29, 0.717) is 0 Å². The second kappa shape index (κ2) is 7.96. The van der Waals surface area contributed by atoms with Crippen molar-refractivity contribution < 1.29 is 0 Å². The van der Waals surface area contributed by atoms with Gasteiger partial charge in [0.25, 0.3) is 0 Å². The minimum Gasteiger partial charge on any atom is -0.314 e. The van der Waals surface area contributed by atoms with E-state index >= 15 is 0 Å². The molecule has 1 saturated heterocycles. The Bertz CT molecular complexity index is 249. The second-order valence-corrected chi connectivity index (χ2v) is 6.03. The van der Waals surface area contributed by atoms with Crippen LogP contribution in [0.3, 0.4) is 0 Å². The maximum absolute atomic E-state index is 3.83. The minimum atomic E-state index is 0.776. The van der Waals surface area contributed by atoms with Crippen molar-refractivity contribution in [2.75, 3.05) is 26.2 Å². The Morgan fingerprint density at radius 1 is 1.17 bits per heavy atom. The molecular formula is C16H30N2. The summed E-state index contributed by atoms with van der Waals surface area (Å²) in [5, 5.41) is 3.83. The average Bonchev–Trinajstić information content (AvgIpc) is 2.64. The molecule has 1 aliphatic heterocycles. The van der Waals surface area contributed by atoms with Crippen molar-refractivity contribution in [1.29, 1.82) is 0 Å². The number of nitrogens with zero attached hydrogens (tertiary/aromatic N) is 1. The van der Waals surface area contributed by atoms with E-state index < -0.39 is 0 Å². The lowest BCUT2D eigenvalue weighted by Gasteiger charge is -2.23. The van der Waals surface area contributed by atoms with E-state index in [-0.39, 0.29) is 0 Å². The van der Waals surface area contributed by atoms with Crippen LogP contribution in [-0.4, -0.2) is 37.1 Å². The summed E-state index contributed by atoms with van der Waals surface area (Å²) in [6.45, 7) is 7.44. The van der Waals surface area contributed by atoms with Crippen LogP contribution in [-0.2, 0) is 0 Å². The maximum Gasteiger partial charge on any atom is 0.00798 e. The van der Waals surface area contributed by atoms with Crippen molar-refractivity contribution in [3.63, 3.8) is 0 Å². The van der Waals surface area contributed by atoms with E-state index in [2.05, 4.69) is 29.3 Å². The molecule has 0 aromatic rings. The summed E-state index contributed by atoms with van der Waals surface area (Å²) in [7, 11) is 0. The van der Waals surface area contributed by atoms with Crippen molar-refractivity contribution in [3.05, 3.63) is 12.2 Å². The van der Waals surface area contributed by atoms with Gasteiger partial charge in [-0.25, -0.2) is 0 Å². The summed E-state index contributed by atoms with van der Waals surface area (Å²) < 4.78 is 0. The topological polar surface area (TPSA) is 15.3 Å². The molecule has 0 radical (unpaired) electrons. The Labute approximate surface area is 113 Å². The van der Waals surface area contributed by atoms with Crippen molar-refractivity contribution >= 4 is 0 Å². The number of hydrogen-bond acceptors (Lipinski definition) is 2. The SMILES string of the molecule is CCCN1CCCC(NCC2CC=CCC2)CC1. The van der Waals surface area contributed by atoms with Crippen LogP contribution < -0.4 is 5.32 Å². The van der Waals surface area contributed by atoms with Crippen molar-refractivity contribution in [1.82, 2.24) is 10.2 Å². The zero-order valence-electron chi connectivity index (χ0n) is 12.0. The summed E-state index contributed by atoms with van der Waals surface area (Å²) in [6, 6.07) is 0.776. The summed E-state index contributed by atoms with van der Waals surface area (Å²) in [4.78, 5) is 2.64. The highest BCUT2D eigenvalue weighted by molar-refractivity contribution is 4.91. The monoisotopic (exact) mass is 250 g/mol. The lowest BCUT2D eigenvalue weighted by Crippen LogP contribution is -2.34. The molecule has 1 fully saturated rings. The van der Waals surface area contributed by atoms with Crippen LogP contribution in [0.15, 0.2) is 12.2 Å². The molecule has 0 saturated carbocycles. The van der Waals surface area contributed by atoms with Gasteiger partial charge >= 0.3 is 0 Å². The molecule has 2 nitrogen and oxygen atoms in total. The van der Waals surface area contributed by atoms with E-state index in [1.807, 2.05) is 0 Å². The molecule has 1 aliphatic carbocycles.